The Morgan fingerprint density at radius 1 is 1.10 bits per heavy atom. The summed E-state index contributed by atoms with van der Waals surface area (Å²) in [4.78, 5) is 33.1. The SMILES string of the molecule is C=CCOc1c(I)cc(/C=c2\sc3n(c2=O)[C@@H](c2cccc(OC)c2)C(C(=O)OCC)=C(c2ccccc2)N=3)cc1I. The van der Waals surface area contributed by atoms with Crippen molar-refractivity contribution >= 4 is 74.3 Å². The monoisotopic (exact) mass is 804 g/mol. The van der Waals surface area contributed by atoms with Gasteiger partial charge in [-0.3, -0.25) is 9.36 Å². The molecule has 0 radical (unpaired) electrons. The molecule has 1 aromatic heterocycles. The van der Waals surface area contributed by atoms with E-state index in [1.54, 1.807) is 24.7 Å². The Morgan fingerprint density at radius 3 is 2.50 bits per heavy atom. The van der Waals surface area contributed by atoms with Gasteiger partial charge in [-0.25, -0.2) is 9.79 Å². The second kappa shape index (κ2) is 13.4. The molecule has 1 aliphatic rings. The molecule has 0 saturated heterocycles. The molecule has 0 amide bonds. The van der Waals surface area contributed by atoms with Crippen molar-refractivity contribution in [1.82, 2.24) is 4.57 Å². The Kier molecular flexibility index (Phi) is 9.63. The number of aromatic nitrogens is 1. The minimum atomic E-state index is -0.775. The minimum absolute atomic E-state index is 0.184. The molecule has 3 aromatic carbocycles. The summed E-state index contributed by atoms with van der Waals surface area (Å²) in [6.45, 7) is 6.06. The van der Waals surface area contributed by atoms with Crippen LogP contribution in [-0.2, 0) is 9.53 Å². The molecular weight excluding hydrogens is 778 g/mol. The highest BCUT2D eigenvalue weighted by Crippen LogP contribution is 2.36. The maximum absolute atomic E-state index is 14.1. The van der Waals surface area contributed by atoms with Gasteiger partial charge in [0.1, 0.15) is 18.1 Å². The lowest BCUT2D eigenvalue weighted by molar-refractivity contribution is -0.138. The van der Waals surface area contributed by atoms with Crippen molar-refractivity contribution in [3.05, 3.63) is 128 Å². The van der Waals surface area contributed by atoms with Crippen LogP contribution in [0.25, 0.3) is 11.8 Å². The van der Waals surface area contributed by atoms with Gasteiger partial charge in [0.05, 0.1) is 42.7 Å². The largest absolute Gasteiger partial charge is 0.497 e. The van der Waals surface area contributed by atoms with E-state index < -0.39 is 12.0 Å². The van der Waals surface area contributed by atoms with Gasteiger partial charge in [-0.2, -0.15) is 0 Å². The second-order valence-corrected chi connectivity index (χ2v) is 12.5. The molecule has 5 rings (SSSR count). The molecule has 2 heterocycles. The van der Waals surface area contributed by atoms with Crippen LogP contribution < -0.4 is 24.4 Å². The molecule has 0 saturated carbocycles. The van der Waals surface area contributed by atoms with Gasteiger partial charge in [0.15, 0.2) is 4.80 Å². The Balaban J connectivity index is 1.77. The number of fused-ring (bicyclic) bond motifs is 1. The van der Waals surface area contributed by atoms with Gasteiger partial charge in [-0.05, 0) is 93.6 Å². The first-order valence-corrected chi connectivity index (χ1v) is 16.0. The number of ether oxygens (including phenoxy) is 3. The lowest BCUT2D eigenvalue weighted by atomic mass is 9.93. The third-order valence-electron chi connectivity index (χ3n) is 6.45. The lowest BCUT2D eigenvalue weighted by Crippen LogP contribution is -2.40. The molecule has 4 aromatic rings. The van der Waals surface area contributed by atoms with E-state index in [4.69, 9.17) is 19.2 Å². The summed E-state index contributed by atoms with van der Waals surface area (Å²) in [6, 6.07) is 20.0. The molecule has 42 heavy (non-hydrogen) atoms. The van der Waals surface area contributed by atoms with Crippen LogP contribution in [0.3, 0.4) is 0 Å². The van der Waals surface area contributed by atoms with Crippen LogP contribution in [0.4, 0.5) is 0 Å². The zero-order valence-electron chi connectivity index (χ0n) is 22.8. The fourth-order valence-electron chi connectivity index (χ4n) is 4.66. The number of nitrogens with zero attached hydrogens (tertiary/aromatic N) is 2. The molecular formula is C32H26I2N2O5S. The Bertz CT molecular complexity index is 1860. The van der Waals surface area contributed by atoms with E-state index >= 15 is 0 Å². The van der Waals surface area contributed by atoms with E-state index in [1.807, 2.05) is 72.8 Å². The van der Waals surface area contributed by atoms with E-state index in [9.17, 15) is 9.59 Å². The summed E-state index contributed by atoms with van der Waals surface area (Å²) in [5, 5.41) is 0. The second-order valence-electron chi connectivity index (χ2n) is 9.12. The third kappa shape index (κ3) is 6.11. The van der Waals surface area contributed by atoms with Crippen molar-refractivity contribution in [3.63, 3.8) is 0 Å². The molecule has 7 nitrogen and oxygen atoms in total. The maximum atomic E-state index is 14.1. The fourth-order valence-corrected chi connectivity index (χ4v) is 7.79. The number of hydrogen-bond donors (Lipinski definition) is 0. The molecule has 1 aliphatic heterocycles. The van der Waals surface area contributed by atoms with Gasteiger partial charge >= 0.3 is 5.97 Å². The van der Waals surface area contributed by atoms with Crippen LogP contribution in [0.2, 0.25) is 0 Å². The number of thiazole rings is 1. The van der Waals surface area contributed by atoms with Crippen LogP contribution >= 0.6 is 56.5 Å². The van der Waals surface area contributed by atoms with E-state index in [2.05, 4.69) is 51.8 Å². The molecule has 0 unspecified atom stereocenters. The first kappa shape index (κ1) is 30.2. The van der Waals surface area contributed by atoms with E-state index in [0.717, 1.165) is 24.0 Å². The molecule has 10 heteroatoms. The third-order valence-corrected chi connectivity index (χ3v) is 9.03. The van der Waals surface area contributed by atoms with Crippen molar-refractivity contribution in [2.24, 2.45) is 4.99 Å². The van der Waals surface area contributed by atoms with E-state index in [1.165, 1.54) is 11.3 Å². The minimum Gasteiger partial charge on any atom is -0.497 e. The average molecular weight is 804 g/mol. The van der Waals surface area contributed by atoms with Gasteiger partial charge < -0.3 is 14.2 Å². The number of methoxy groups -OCH3 is 1. The number of halogens is 2. The molecule has 0 spiro atoms. The van der Waals surface area contributed by atoms with Crippen LogP contribution in [-0.4, -0.2) is 30.9 Å². The zero-order valence-corrected chi connectivity index (χ0v) is 27.9. The van der Waals surface area contributed by atoms with E-state index in [0.29, 0.717) is 38.5 Å². The number of esters is 1. The summed E-state index contributed by atoms with van der Waals surface area (Å²) in [5.74, 6) is 0.861. The molecule has 1 atom stereocenters. The summed E-state index contributed by atoms with van der Waals surface area (Å²) >= 11 is 5.74. The Morgan fingerprint density at radius 2 is 1.83 bits per heavy atom. The predicted molar refractivity (Wildman–Crippen MR) is 182 cm³/mol. The molecule has 0 aliphatic carbocycles. The number of hydrogen-bond acceptors (Lipinski definition) is 7. The number of benzene rings is 3. The normalized spacial score (nSPS) is 14.7. The zero-order chi connectivity index (χ0) is 29.8. The van der Waals surface area contributed by atoms with Crippen molar-refractivity contribution in [2.75, 3.05) is 20.3 Å². The summed E-state index contributed by atoms with van der Waals surface area (Å²) in [7, 11) is 1.58. The number of rotatable bonds is 9. The van der Waals surface area contributed by atoms with Crippen LogP contribution in [0, 0.1) is 7.14 Å². The Hall–Kier alpha value is -3.23. The highest BCUT2D eigenvalue weighted by atomic mass is 127. The van der Waals surface area contributed by atoms with Gasteiger partial charge in [0.2, 0.25) is 0 Å². The van der Waals surface area contributed by atoms with Gasteiger partial charge in [-0.15, -0.1) is 0 Å². The molecule has 0 fully saturated rings. The quantitative estimate of drug-likeness (QED) is 0.123. The van der Waals surface area contributed by atoms with Crippen LogP contribution in [0.5, 0.6) is 11.5 Å². The summed E-state index contributed by atoms with van der Waals surface area (Å²) < 4.78 is 20.8. The van der Waals surface area contributed by atoms with Crippen molar-refractivity contribution in [3.8, 4) is 11.5 Å². The number of carbonyl (C=O) groups excluding carboxylic acids is 1. The first-order chi connectivity index (χ1) is 20.4. The predicted octanol–water partition coefficient (Wildman–Crippen LogP) is 5.72. The van der Waals surface area contributed by atoms with Crippen molar-refractivity contribution in [2.45, 2.75) is 13.0 Å². The van der Waals surface area contributed by atoms with Gasteiger partial charge in [0, 0.05) is 5.56 Å². The standard InChI is InChI=1S/C32H26I2N2O5S/c1-4-14-41-29-23(33)15-19(16-24(29)34)17-25-30(37)36-28(21-12-9-13-22(18-21)39-3)26(31(38)40-5-2)27(35-32(36)42-25)20-10-7-6-8-11-20/h4,6-13,15-18,28H,1,5,14H2,2-3H3/b25-17-/t28-/m0/s1. The molecule has 0 N–H and O–H groups in total. The summed E-state index contributed by atoms with van der Waals surface area (Å²) in [6.07, 6.45) is 3.55. The van der Waals surface area contributed by atoms with Crippen molar-refractivity contribution < 1.29 is 19.0 Å². The lowest BCUT2D eigenvalue weighted by Gasteiger charge is -2.26. The Labute approximate surface area is 274 Å². The number of carbonyl (C=O) groups is 1. The fraction of sp³-hybridized carbons (Fsp3) is 0.156. The topological polar surface area (TPSA) is 79.1 Å². The van der Waals surface area contributed by atoms with Crippen LogP contribution in [0.15, 0.2) is 94.7 Å². The van der Waals surface area contributed by atoms with Gasteiger partial charge in [-0.1, -0.05) is 66.5 Å². The molecule has 0 bridgehead atoms. The summed E-state index contributed by atoms with van der Waals surface area (Å²) in [5.41, 5.74) is 2.83. The maximum Gasteiger partial charge on any atom is 0.338 e. The van der Waals surface area contributed by atoms with Crippen molar-refractivity contribution in [1.29, 1.82) is 0 Å². The van der Waals surface area contributed by atoms with E-state index in [-0.39, 0.29) is 12.2 Å². The highest BCUT2D eigenvalue weighted by Gasteiger charge is 2.35. The molecule has 214 valence electrons. The smallest absolute Gasteiger partial charge is 0.338 e. The van der Waals surface area contributed by atoms with Gasteiger partial charge in [0.25, 0.3) is 5.56 Å². The average Bonchev–Trinajstić information content (AvgIpc) is 3.30. The highest BCUT2D eigenvalue weighted by molar-refractivity contribution is 14.1. The van der Waals surface area contributed by atoms with Crippen LogP contribution in [0.1, 0.15) is 29.7 Å². The first-order valence-electron chi connectivity index (χ1n) is 13.0.